The summed E-state index contributed by atoms with van der Waals surface area (Å²) in [5, 5.41) is 1.57. The average Bonchev–Trinajstić information content (AvgIpc) is 3.56. The molecule has 4 aromatic rings. The number of hydrogen-bond acceptors (Lipinski definition) is 8. The molecular formula is C34H29FN2O7. The van der Waals surface area contributed by atoms with E-state index in [-0.39, 0.29) is 17.1 Å². The van der Waals surface area contributed by atoms with E-state index in [1.165, 1.54) is 31.4 Å². The van der Waals surface area contributed by atoms with Crippen molar-refractivity contribution >= 4 is 29.2 Å². The van der Waals surface area contributed by atoms with Crippen molar-refractivity contribution in [3.8, 4) is 17.2 Å². The molecule has 2 aliphatic rings. The van der Waals surface area contributed by atoms with Crippen LogP contribution in [-0.4, -0.2) is 37.6 Å². The Morgan fingerprint density at radius 1 is 0.864 bits per heavy atom. The Hall–Kier alpha value is -5.22. The Kier molecular flexibility index (Phi) is 7.99. The summed E-state index contributed by atoms with van der Waals surface area (Å²) in [6.07, 6.45) is -0.210. The molecule has 0 aromatic heterocycles. The van der Waals surface area contributed by atoms with E-state index in [2.05, 4.69) is 0 Å². The molecule has 0 spiro atoms. The van der Waals surface area contributed by atoms with Crippen LogP contribution in [0.5, 0.6) is 17.2 Å². The molecule has 6 rings (SSSR count). The molecule has 2 amide bonds. The summed E-state index contributed by atoms with van der Waals surface area (Å²) in [4.78, 5) is 47.8. The van der Waals surface area contributed by atoms with Crippen molar-refractivity contribution in [3.05, 3.63) is 114 Å². The number of imide groups is 1. The maximum atomic E-state index is 14.0. The highest BCUT2D eigenvalue weighted by atomic mass is 19.1. The van der Waals surface area contributed by atoms with Crippen molar-refractivity contribution in [2.45, 2.75) is 25.5 Å². The summed E-state index contributed by atoms with van der Waals surface area (Å²) in [5.41, 5.74) is 1.85. The molecule has 0 bridgehead atoms. The third-order valence-electron chi connectivity index (χ3n) is 7.51. The monoisotopic (exact) mass is 596 g/mol. The van der Waals surface area contributed by atoms with E-state index in [9.17, 15) is 18.8 Å². The van der Waals surface area contributed by atoms with E-state index >= 15 is 0 Å². The van der Waals surface area contributed by atoms with Gasteiger partial charge in [0.1, 0.15) is 17.5 Å². The summed E-state index contributed by atoms with van der Waals surface area (Å²) >= 11 is 0. The first kappa shape index (κ1) is 28.9. The second-order valence-corrected chi connectivity index (χ2v) is 10.3. The first-order chi connectivity index (χ1) is 21.4. The Morgan fingerprint density at radius 2 is 1.59 bits per heavy atom. The summed E-state index contributed by atoms with van der Waals surface area (Å²) in [6.45, 7) is 2.57. The molecule has 44 heavy (non-hydrogen) atoms. The second-order valence-electron chi connectivity index (χ2n) is 10.3. The predicted octanol–water partition coefficient (Wildman–Crippen LogP) is 5.89. The van der Waals surface area contributed by atoms with Gasteiger partial charge in [-0.15, -0.1) is 0 Å². The SMILES string of the molecule is CCCOc1ccc(N2C(=O)[C@@H]3[C@@H](c4ccc(OC(=O)c5ccc(F)cc5)c(OC)c4)N(c4ccccc4)O[C@H]3C2=O)cc1. The lowest BCUT2D eigenvalue weighted by Gasteiger charge is -2.29. The van der Waals surface area contributed by atoms with Gasteiger partial charge < -0.3 is 14.2 Å². The van der Waals surface area contributed by atoms with Crippen molar-refractivity contribution in [1.29, 1.82) is 0 Å². The van der Waals surface area contributed by atoms with Crippen molar-refractivity contribution < 1.29 is 37.8 Å². The Balaban J connectivity index is 1.33. The number of carbonyl (C=O) groups is 3. The van der Waals surface area contributed by atoms with Gasteiger partial charge in [-0.25, -0.2) is 19.1 Å². The smallest absolute Gasteiger partial charge is 0.343 e. The van der Waals surface area contributed by atoms with Gasteiger partial charge in [0.25, 0.3) is 5.91 Å². The molecule has 9 nitrogen and oxygen atoms in total. The lowest BCUT2D eigenvalue weighted by Crippen LogP contribution is -2.37. The highest BCUT2D eigenvalue weighted by Crippen LogP contribution is 2.48. The lowest BCUT2D eigenvalue weighted by atomic mass is 9.90. The molecule has 10 heteroatoms. The molecule has 0 radical (unpaired) electrons. The average molecular weight is 597 g/mol. The number of rotatable bonds is 9. The number of amides is 2. The molecule has 0 unspecified atom stereocenters. The molecule has 0 N–H and O–H groups in total. The first-order valence-electron chi connectivity index (χ1n) is 14.2. The number of anilines is 2. The Labute approximate surface area is 253 Å². The topological polar surface area (TPSA) is 94.6 Å². The predicted molar refractivity (Wildman–Crippen MR) is 159 cm³/mol. The zero-order chi connectivity index (χ0) is 30.8. The molecule has 2 aliphatic heterocycles. The summed E-state index contributed by atoms with van der Waals surface area (Å²) in [6, 6.07) is 25.2. The maximum absolute atomic E-state index is 14.0. The van der Waals surface area contributed by atoms with Gasteiger partial charge in [-0.2, -0.15) is 0 Å². The molecule has 4 aromatic carbocycles. The molecule has 0 aliphatic carbocycles. The van der Waals surface area contributed by atoms with E-state index in [4.69, 9.17) is 19.0 Å². The number of fused-ring (bicyclic) bond motifs is 1. The summed E-state index contributed by atoms with van der Waals surface area (Å²) in [7, 11) is 1.43. The minimum absolute atomic E-state index is 0.133. The molecular weight excluding hydrogens is 567 g/mol. The number of nitrogens with zero attached hydrogens (tertiary/aromatic N) is 2. The Bertz CT molecular complexity index is 1680. The van der Waals surface area contributed by atoms with Gasteiger partial charge in [-0.1, -0.05) is 31.2 Å². The van der Waals surface area contributed by atoms with Gasteiger partial charge in [0, 0.05) is 0 Å². The number of hydrogen-bond donors (Lipinski definition) is 0. The normalized spacial score (nSPS) is 19.2. The standard InChI is InChI=1S/C34H29FN2O7/c1-3-19-42-26-16-14-24(15-17-26)36-32(38)29-30(37(44-31(29)33(36)39)25-7-5-4-6-8-25)22-11-18-27(28(20-22)41-2)43-34(40)21-9-12-23(35)13-10-21/h4-18,20,29-31H,3,19H2,1-2H3/t29-,30-,31-/m1/s1. The molecule has 2 saturated heterocycles. The molecule has 2 fully saturated rings. The number of halogens is 1. The van der Waals surface area contributed by atoms with Crippen LogP contribution in [0.25, 0.3) is 0 Å². The number of methoxy groups -OCH3 is 1. The van der Waals surface area contributed by atoms with E-state index in [0.717, 1.165) is 11.3 Å². The third kappa shape index (κ3) is 5.35. The summed E-state index contributed by atoms with van der Waals surface area (Å²) in [5.74, 6) is -1.91. The van der Waals surface area contributed by atoms with Crippen molar-refractivity contribution in [2.24, 2.45) is 5.92 Å². The van der Waals surface area contributed by atoms with E-state index in [1.54, 1.807) is 47.5 Å². The van der Waals surface area contributed by atoms with Crippen LogP contribution in [-0.2, 0) is 14.4 Å². The number of esters is 1. The fraction of sp³-hybridized carbons (Fsp3) is 0.206. The number of hydroxylamine groups is 1. The van der Waals surface area contributed by atoms with Crippen molar-refractivity contribution in [2.75, 3.05) is 23.7 Å². The van der Waals surface area contributed by atoms with Crippen LogP contribution in [0.2, 0.25) is 0 Å². The summed E-state index contributed by atoms with van der Waals surface area (Å²) < 4.78 is 30.1. The first-order valence-corrected chi connectivity index (χ1v) is 14.2. The van der Waals surface area contributed by atoms with Gasteiger partial charge in [-0.3, -0.25) is 14.4 Å². The van der Waals surface area contributed by atoms with Crippen LogP contribution >= 0.6 is 0 Å². The maximum Gasteiger partial charge on any atom is 0.343 e. The largest absolute Gasteiger partial charge is 0.494 e. The highest BCUT2D eigenvalue weighted by molar-refractivity contribution is 6.24. The van der Waals surface area contributed by atoms with Crippen LogP contribution < -0.4 is 24.2 Å². The molecule has 3 atom stereocenters. The van der Waals surface area contributed by atoms with Crippen LogP contribution in [0.4, 0.5) is 15.8 Å². The van der Waals surface area contributed by atoms with Gasteiger partial charge in [0.05, 0.1) is 36.7 Å². The minimum atomic E-state index is -1.06. The van der Waals surface area contributed by atoms with E-state index in [0.29, 0.717) is 29.3 Å². The zero-order valence-electron chi connectivity index (χ0n) is 24.0. The number of benzene rings is 4. The minimum Gasteiger partial charge on any atom is -0.494 e. The Morgan fingerprint density at radius 3 is 2.27 bits per heavy atom. The van der Waals surface area contributed by atoms with Crippen LogP contribution in [0, 0.1) is 11.7 Å². The van der Waals surface area contributed by atoms with E-state index in [1.807, 2.05) is 37.3 Å². The zero-order valence-corrected chi connectivity index (χ0v) is 24.0. The third-order valence-corrected chi connectivity index (χ3v) is 7.51. The molecule has 224 valence electrons. The van der Waals surface area contributed by atoms with Gasteiger partial charge in [0.15, 0.2) is 17.6 Å². The number of ether oxygens (including phenoxy) is 3. The lowest BCUT2D eigenvalue weighted by molar-refractivity contribution is -0.126. The molecule has 2 heterocycles. The van der Waals surface area contributed by atoms with Crippen LogP contribution in [0.15, 0.2) is 97.1 Å². The van der Waals surface area contributed by atoms with Crippen molar-refractivity contribution in [1.82, 2.24) is 0 Å². The van der Waals surface area contributed by atoms with Crippen LogP contribution in [0.3, 0.4) is 0 Å². The fourth-order valence-corrected chi connectivity index (χ4v) is 5.42. The van der Waals surface area contributed by atoms with Crippen LogP contribution in [0.1, 0.15) is 35.3 Å². The highest BCUT2D eigenvalue weighted by Gasteiger charge is 2.60. The van der Waals surface area contributed by atoms with Gasteiger partial charge >= 0.3 is 5.97 Å². The number of carbonyl (C=O) groups excluding carboxylic acids is 3. The second kappa shape index (κ2) is 12.2. The quantitative estimate of drug-likeness (QED) is 0.134. The van der Waals surface area contributed by atoms with E-state index < -0.39 is 41.7 Å². The van der Waals surface area contributed by atoms with Gasteiger partial charge in [0.2, 0.25) is 5.91 Å². The number of para-hydroxylation sites is 1. The molecule has 0 saturated carbocycles. The van der Waals surface area contributed by atoms with Crippen molar-refractivity contribution in [3.63, 3.8) is 0 Å². The van der Waals surface area contributed by atoms with Gasteiger partial charge in [-0.05, 0) is 84.8 Å². The fourth-order valence-electron chi connectivity index (χ4n) is 5.42.